The van der Waals surface area contributed by atoms with Crippen molar-refractivity contribution in [3.05, 3.63) is 35.4 Å². The first-order valence-corrected chi connectivity index (χ1v) is 5.32. The van der Waals surface area contributed by atoms with Crippen molar-refractivity contribution in [1.82, 2.24) is 0 Å². The van der Waals surface area contributed by atoms with Gasteiger partial charge in [0.15, 0.2) is 5.78 Å². The van der Waals surface area contributed by atoms with Gasteiger partial charge in [-0.3, -0.25) is 4.79 Å². The second kappa shape index (κ2) is 3.84. The van der Waals surface area contributed by atoms with E-state index >= 15 is 0 Å². The Labute approximate surface area is 96.6 Å². The molecule has 1 aliphatic rings. The maximum absolute atomic E-state index is 12.7. The van der Waals surface area contributed by atoms with E-state index in [1.54, 1.807) is 0 Å². The molecule has 0 aliphatic heterocycles. The first-order chi connectivity index (χ1) is 7.91. The Morgan fingerprint density at radius 1 is 1.29 bits per heavy atom. The van der Waals surface area contributed by atoms with E-state index in [1.807, 2.05) is 0 Å². The number of rotatable bonds is 3. The summed E-state index contributed by atoms with van der Waals surface area (Å²) in [5.41, 5.74) is 3.58. The highest BCUT2D eigenvalue weighted by atomic mass is 19.4. The summed E-state index contributed by atoms with van der Waals surface area (Å²) in [4.78, 5) is 12.0. The van der Waals surface area contributed by atoms with Gasteiger partial charge in [-0.1, -0.05) is 18.2 Å². The minimum absolute atomic E-state index is 0.109. The zero-order valence-electron chi connectivity index (χ0n) is 9.05. The van der Waals surface area contributed by atoms with Crippen LogP contribution >= 0.6 is 0 Å². The van der Waals surface area contributed by atoms with Crippen LogP contribution in [-0.2, 0) is 6.18 Å². The fourth-order valence-corrected chi connectivity index (χ4v) is 1.89. The van der Waals surface area contributed by atoms with E-state index in [2.05, 4.69) is 0 Å². The third kappa shape index (κ3) is 2.07. The van der Waals surface area contributed by atoms with Crippen LogP contribution < -0.4 is 5.73 Å². The van der Waals surface area contributed by atoms with E-state index in [1.165, 1.54) is 18.2 Å². The van der Waals surface area contributed by atoms with Crippen molar-refractivity contribution in [2.24, 2.45) is 11.1 Å². The molecule has 1 aromatic rings. The highest BCUT2D eigenvalue weighted by Gasteiger charge is 2.50. The van der Waals surface area contributed by atoms with Crippen molar-refractivity contribution in [2.45, 2.75) is 19.0 Å². The van der Waals surface area contributed by atoms with Crippen LogP contribution in [0.4, 0.5) is 13.2 Å². The van der Waals surface area contributed by atoms with E-state index in [4.69, 9.17) is 5.73 Å². The van der Waals surface area contributed by atoms with Crippen LogP contribution in [0.1, 0.15) is 28.8 Å². The maximum Gasteiger partial charge on any atom is 0.417 e. The number of ketones is 1. The normalized spacial score (nSPS) is 17.9. The molecule has 17 heavy (non-hydrogen) atoms. The summed E-state index contributed by atoms with van der Waals surface area (Å²) in [6, 6.07) is 4.87. The summed E-state index contributed by atoms with van der Waals surface area (Å²) in [5.74, 6) is -0.479. The van der Waals surface area contributed by atoms with Crippen LogP contribution in [-0.4, -0.2) is 12.3 Å². The van der Waals surface area contributed by atoms with Crippen molar-refractivity contribution in [1.29, 1.82) is 0 Å². The molecule has 2 N–H and O–H groups in total. The van der Waals surface area contributed by atoms with E-state index < -0.39 is 22.9 Å². The van der Waals surface area contributed by atoms with Gasteiger partial charge < -0.3 is 5.73 Å². The minimum Gasteiger partial charge on any atom is -0.329 e. The van der Waals surface area contributed by atoms with Crippen LogP contribution in [0.25, 0.3) is 0 Å². The average Bonchev–Trinajstić information content (AvgIpc) is 3.08. The molecule has 2 nitrogen and oxygen atoms in total. The predicted octanol–water partition coefficient (Wildman–Crippen LogP) is 2.63. The molecule has 92 valence electrons. The van der Waals surface area contributed by atoms with Crippen molar-refractivity contribution in [2.75, 3.05) is 6.54 Å². The van der Waals surface area contributed by atoms with Gasteiger partial charge in [0.2, 0.25) is 0 Å². The fraction of sp³-hybridized carbons (Fsp3) is 0.417. The van der Waals surface area contributed by atoms with Crippen molar-refractivity contribution < 1.29 is 18.0 Å². The maximum atomic E-state index is 12.7. The summed E-state index contributed by atoms with van der Waals surface area (Å²) in [7, 11) is 0. The number of hydrogen-bond acceptors (Lipinski definition) is 2. The van der Waals surface area contributed by atoms with Gasteiger partial charge in [-0.05, 0) is 18.9 Å². The Kier molecular flexibility index (Phi) is 2.73. The smallest absolute Gasteiger partial charge is 0.329 e. The Bertz CT molecular complexity index is 449. The van der Waals surface area contributed by atoms with Crippen LogP contribution in [0.3, 0.4) is 0 Å². The molecular formula is C12H12F3NO. The Hall–Kier alpha value is -1.36. The summed E-state index contributed by atoms with van der Waals surface area (Å²) >= 11 is 0. The van der Waals surface area contributed by atoms with Crippen molar-refractivity contribution in [3.8, 4) is 0 Å². The third-order valence-electron chi connectivity index (χ3n) is 3.20. The van der Waals surface area contributed by atoms with Gasteiger partial charge in [0.25, 0.3) is 0 Å². The standard InChI is InChI=1S/C12H12F3NO/c13-12(14,15)9-4-2-1-3-8(9)10(17)11(7-16)5-6-11/h1-4H,5-7,16H2. The summed E-state index contributed by atoms with van der Waals surface area (Å²) in [6.07, 6.45) is -3.35. The molecule has 1 fully saturated rings. The van der Waals surface area contributed by atoms with Gasteiger partial charge in [-0.15, -0.1) is 0 Å². The molecular weight excluding hydrogens is 231 g/mol. The lowest BCUT2D eigenvalue weighted by atomic mass is 9.91. The molecule has 0 amide bonds. The van der Waals surface area contributed by atoms with E-state index in [9.17, 15) is 18.0 Å². The number of benzene rings is 1. The Morgan fingerprint density at radius 2 is 1.88 bits per heavy atom. The molecule has 1 saturated carbocycles. The Morgan fingerprint density at radius 3 is 2.35 bits per heavy atom. The van der Waals surface area contributed by atoms with Crippen LogP contribution in [0.15, 0.2) is 24.3 Å². The van der Waals surface area contributed by atoms with E-state index in [0.717, 1.165) is 6.07 Å². The molecule has 0 bridgehead atoms. The Balaban J connectivity index is 2.43. The zero-order chi connectivity index (χ0) is 12.7. The lowest BCUT2D eigenvalue weighted by Crippen LogP contribution is -2.27. The first-order valence-electron chi connectivity index (χ1n) is 5.32. The molecule has 5 heteroatoms. The summed E-state index contributed by atoms with van der Waals surface area (Å²) in [6.45, 7) is 0.109. The molecule has 0 heterocycles. The van der Waals surface area contributed by atoms with Crippen LogP contribution in [0, 0.1) is 5.41 Å². The molecule has 0 spiro atoms. The molecule has 0 atom stereocenters. The number of carbonyl (C=O) groups excluding carboxylic acids is 1. The summed E-state index contributed by atoms with van der Waals surface area (Å²) < 4.78 is 38.2. The average molecular weight is 243 g/mol. The molecule has 0 unspecified atom stereocenters. The van der Waals surface area contributed by atoms with E-state index in [-0.39, 0.29) is 12.1 Å². The number of Topliss-reactive ketones (excluding diaryl/α,β-unsaturated/α-hetero) is 1. The molecule has 0 saturated heterocycles. The topological polar surface area (TPSA) is 43.1 Å². The van der Waals surface area contributed by atoms with Crippen LogP contribution in [0.2, 0.25) is 0 Å². The highest BCUT2D eigenvalue weighted by Crippen LogP contribution is 2.48. The second-order valence-electron chi connectivity index (χ2n) is 4.36. The van der Waals surface area contributed by atoms with Gasteiger partial charge in [0.05, 0.1) is 5.56 Å². The second-order valence-corrected chi connectivity index (χ2v) is 4.36. The van der Waals surface area contributed by atoms with Gasteiger partial charge in [-0.25, -0.2) is 0 Å². The summed E-state index contributed by atoms with van der Waals surface area (Å²) in [5, 5.41) is 0. The number of halogens is 3. The van der Waals surface area contributed by atoms with Crippen molar-refractivity contribution >= 4 is 5.78 Å². The number of carbonyl (C=O) groups is 1. The molecule has 0 radical (unpaired) electrons. The van der Waals surface area contributed by atoms with Gasteiger partial charge in [-0.2, -0.15) is 13.2 Å². The molecule has 2 rings (SSSR count). The van der Waals surface area contributed by atoms with Crippen molar-refractivity contribution in [3.63, 3.8) is 0 Å². The molecule has 1 aliphatic carbocycles. The number of hydrogen-bond donors (Lipinski definition) is 1. The SMILES string of the molecule is NCC1(C(=O)c2ccccc2C(F)(F)F)CC1. The lowest BCUT2D eigenvalue weighted by molar-refractivity contribution is -0.137. The first kappa shape index (κ1) is 12.1. The lowest BCUT2D eigenvalue weighted by Gasteiger charge is -2.16. The monoisotopic (exact) mass is 243 g/mol. The minimum atomic E-state index is -4.50. The van der Waals surface area contributed by atoms with Gasteiger partial charge in [0.1, 0.15) is 0 Å². The quantitative estimate of drug-likeness (QED) is 0.829. The number of alkyl halides is 3. The fourth-order valence-electron chi connectivity index (χ4n) is 1.89. The largest absolute Gasteiger partial charge is 0.417 e. The molecule has 0 aromatic heterocycles. The van der Waals surface area contributed by atoms with Crippen LogP contribution in [0.5, 0.6) is 0 Å². The number of nitrogens with two attached hydrogens (primary N) is 1. The predicted molar refractivity (Wildman–Crippen MR) is 56.5 cm³/mol. The van der Waals surface area contributed by atoms with Gasteiger partial charge >= 0.3 is 6.18 Å². The van der Waals surface area contributed by atoms with E-state index in [0.29, 0.717) is 12.8 Å². The highest BCUT2D eigenvalue weighted by molar-refractivity contribution is 6.03. The molecule has 1 aromatic carbocycles. The zero-order valence-corrected chi connectivity index (χ0v) is 9.05. The van der Waals surface area contributed by atoms with Gasteiger partial charge in [0, 0.05) is 17.5 Å². The third-order valence-corrected chi connectivity index (χ3v) is 3.20.